The Labute approximate surface area is 160 Å². The summed E-state index contributed by atoms with van der Waals surface area (Å²) in [7, 11) is 1.71. The van der Waals surface area contributed by atoms with E-state index < -0.39 is 0 Å². The lowest BCUT2D eigenvalue weighted by molar-refractivity contribution is -0.116. The van der Waals surface area contributed by atoms with Crippen LogP contribution in [0, 0.1) is 0 Å². The Morgan fingerprint density at radius 2 is 1.63 bits per heavy atom. The van der Waals surface area contributed by atoms with Crippen LogP contribution in [0.5, 0.6) is 5.75 Å². The molecule has 0 unspecified atom stereocenters. The summed E-state index contributed by atoms with van der Waals surface area (Å²) >= 11 is 0. The molecule has 27 heavy (non-hydrogen) atoms. The standard InChI is InChI=1S/C21H27N3O3/c1-4-5-14-27-20-12-8-17(9-13-20)22-15-21(26)23-18-6-10-19(11-7-18)24(3)16(2)25/h6-13,22H,4-5,14-15H2,1-3H3,(H,23,26). The van der Waals surface area contributed by atoms with Crippen molar-refractivity contribution in [1.29, 1.82) is 0 Å². The fraction of sp³-hybridized carbons (Fsp3) is 0.333. The second kappa shape index (κ2) is 10.2. The van der Waals surface area contributed by atoms with Crippen molar-refractivity contribution in [2.24, 2.45) is 0 Å². The molecule has 0 heterocycles. The highest BCUT2D eigenvalue weighted by Crippen LogP contribution is 2.18. The predicted octanol–water partition coefficient (Wildman–Crippen LogP) is 3.90. The van der Waals surface area contributed by atoms with Gasteiger partial charge in [-0.2, -0.15) is 0 Å². The number of rotatable bonds is 9. The number of carbonyl (C=O) groups excluding carboxylic acids is 2. The van der Waals surface area contributed by atoms with Gasteiger partial charge in [-0.05, 0) is 55.0 Å². The number of benzene rings is 2. The van der Waals surface area contributed by atoms with Crippen molar-refractivity contribution >= 4 is 28.9 Å². The van der Waals surface area contributed by atoms with Crippen molar-refractivity contribution in [3.63, 3.8) is 0 Å². The number of nitrogens with one attached hydrogen (secondary N) is 2. The lowest BCUT2D eigenvalue weighted by Gasteiger charge is -2.15. The molecule has 0 aliphatic carbocycles. The minimum absolute atomic E-state index is 0.0437. The Balaban J connectivity index is 1.79. The van der Waals surface area contributed by atoms with Crippen LogP contribution in [0.2, 0.25) is 0 Å². The molecule has 6 nitrogen and oxygen atoms in total. The Morgan fingerprint density at radius 3 is 2.22 bits per heavy atom. The highest BCUT2D eigenvalue weighted by molar-refractivity contribution is 5.94. The van der Waals surface area contributed by atoms with E-state index in [0.29, 0.717) is 12.3 Å². The zero-order chi connectivity index (χ0) is 19.6. The third-order valence-corrected chi connectivity index (χ3v) is 4.08. The molecular weight excluding hydrogens is 342 g/mol. The number of hydrogen-bond acceptors (Lipinski definition) is 4. The lowest BCUT2D eigenvalue weighted by atomic mass is 10.2. The Morgan fingerprint density at radius 1 is 1.00 bits per heavy atom. The summed E-state index contributed by atoms with van der Waals surface area (Å²) in [5.41, 5.74) is 2.31. The highest BCUT2D eigenvalue weighted by Gasteiger charge is 2.06. The van der Waals surface area contributed by atoms with Gasteiger partial charge < -0.3 is 20.3 Å². The summed E-state index contributed by atoms with van der Waals surface area (Å²) in [5, 5.41) is 5.91. The van der Waals surface area contributed by atoms with E-state index in [1.165, 1.54) is 6.92 Å². The summed E-state index contributed by atoms with van der Waals surface area (Å²) in [6.07, 6.45) is 2.14. The highest BCUT2D eigenvalue weighted by atomic mass is 16.5. The van der Waals surface area contributed by atoms with Gasteiger partial charge in [0, 0.05) is 31.0 Å². The molecular formula is C21H27N3O3. The minimum Gasteiger partial charge on any atom is -0.494 e. The number of nitrogens with zero attached hydrogens (tertiary/aromatic N) is 1. The van der Waals surface area contributed by atoms with Gasteiger partial charge >= 0.3 is 0 Å². The molecule has 0 radical (unpaired) electrons. The topological polar surface area (TPSA) is 70.7 Å². The zero-order valence-corrected chi connectivity index (χ0v) is 16.1. The van der Waals surface area contributed by atoms with E-state index in [-0.39, 0.29) is 18.4 Å². The molecule has 0 saturated carbocycles. The first-order chi connectivity index (χ1) is 13.0. The Hall–Kier alpha value is -3.02. The lowest BCUT2D eigenvalue weighted by Crippen LogP contribution is -2.23. The first-order valence-electron chi connectivity index (χ1n) is 9.10. The van der Waals surface area contributed by atoms with E-state index in [4.69, 9.17) is 4.74 Å². The summed E-state index contributed by atoms with van der Waals surface area (Å²) in [4.78, 5) is 25.0. The maximum absolute atomic E-state index is 12.1. The van der Waals surface area contributed by atoms with Gasteiger partial charge in [-0.3, -0.25) is 9.59 Å². The first kappa shape index (κ1) is 20.3. The van der Waals surface area contributed by atoms with Gasteiger partial charge in [0.1, 0.15) is 5.75 Å². The van der Waals surface area contributed by atoms with Crippen molar-refractivity contribution in [1.82, 2.24) is 0 Å². The van der Waals surface area contributed by atoms with E-state index in [1.54, 1.807) is 36.2 Å². The van der Waals surface area contributed by atoms with E-state index >= 15 is 0 Å². The van der Waals surface area contributed by atoms with Gasteiger partial charge in [-0.1, -0.05) is 13.3 Å². The quantitative estimate of drug-likeness (QED) is 0.658. The average molecular weight is 369 g/mol. The van der Waals surface area contributed by atoms with Crippen LogP contribution in [0.3, 0.4) is 0 Å². The molecule has 6 heteroatoms. The summed E-state index contributed by atoms with van der Waals surface area (Å²) in [5.74, 6) is 0.637. The van der Waals surface area contributed by atoms with Crippen molar-refractivity contribution in [3.8, 4) is 5.75 Å². The van der Waals surface area contributed by atoms with Crippen LogP contribution in [0.25, 0.3) is 0 Å². The Bertz CT molecular complexity index is 742. The molecule has 0 atom stereocenters. The smallest absolute Gasteiger partial charge is 0.243 e. The summed E-state index contributed by atoms with van der Waals surface area (Å²) in [6, 6.07) is 14.7. The van der Waals surface area contributed by atoms with Crippen LogP contribution < -0.4 is 20.3 Å². The Kier molecular flexibility index (Phi) is 7.67. The van der Waals surface area contributed by atoms with Crippen LogP contribution in [-0.4, -0.2) is 32.0 Å². The molecule has 2 aromatic carbocycles. The van der Waals surface area contributed by atoms with Gasteiger partial charge in [0.05, 0.1) is 13.2 Å². The SMILES string of the molecule is CCCCOc1ccc(NCC(=O)Nc2ccc(N(C)C(C)=O)cc2)cc1. The number of anilines is 3. The van der Waals surface area contributed by atoms with Crippen LogP contribution in [-0.2, 0) is 9.59 Å². The van der Waals surface area contributed by atoms with Crippen molar-refractivity contribution in [3.05, 3.63) is 48.5 Å². The molecule has 0 aliphatic rings. The third kappa shape index (κ3) is 6.66. The molecule has 2 aromatic rings. The van der Waals surface area contributed by atoms with E-state index in [0.717, 1.165) is 30.0 Å². The van der Waals surface area contributed by atoms with Crippen LogP contribution in [0.4, 0.5) is 17.1 Å². The molecule has 144 valence electrons. The normalized spacial score (nSPS) is 10.2. The van der Waals surface area contributed by atoms with Gasteiger partial charge in [-0.15, -0.1) is 0 Å². The molecule has 0 fully saturated rings. The molecule has 0 spiro atoms. The monoisotopic (exact) mass is 369 g/mol. The van der Waals surface area contributed by atoms with Crippen molar-refractivity contribution in [2.75, 3.05) is 35.7 Å². The number of carbonyl (C=O) groups is 2. The molecule has 2 N–H and O–H groups in total. The van der Waals surface area contributed by atoms with E-state index in [9.17, 15) is 9.59 Å². The molecule has 0 aliphatic heterocycles. The largest absolute Gasteiger partial charge is 0.494 e. The fourth-order valence-corrected chi connectivity index (χ4v) is 2.34. The number of unbranched alkanes of at least 4 members (excludes halogenated alkanes) is 1. The summed E-state index contributed by atoms with van der Waals surface area (Å²) in [6.45, 7) is 4.50. The number of amides is 2. The molecule has 2 amide bonds. The number of ether oxygens (including phenoxy) is 1. The number of hydrogen-bond donors (Lipinski definition) is 2. The van der Waals surface area contributed by atoms with Gasteiger partial charge in [0.15, 0.2) is 0 Å². The molecule has 0 aromatic heterocycles. The first-order valence-corrected chi connectivity index (χ1v) is 9.10. The maximum Gasteiger partial charge on any atom is 0.243 e. The van der Waals surface area contributed by atoms with Gasteiger partial charge in [0.25, 0.3) is 0 Å². The molecule has 0 saturated heterocycles. The minimum atomic E-state index is -0.147. The summed E-state index contributed by atoms with van der Waals surface area (Å²) < 4.78 is 5.62. The van der Waals surface area contributed by atoms with E-state index in [2.05, 4.69) is 17.6 Å². The van der Waals surface area contributed by atoms with Crippen LogP contribution in [0.15, 0.2) is 48.5 Å². The maximum atomic E-state index is 12.1. The fourth-order valence-electron chi connectivity index (χ4n) is 2.34. The third-order valence-electron chi connectivity index (χ3n) is 4.08. The molecule has 0 bridgehead atoms. The van der Waals surface area contributed by atoms with Crippen molar-refractivity contribution < 1.29 is 14.3 Å². The van der Waals surface area contributed by atoms with Crippen LogP contribution in [0.1, 0.15) is 26.7 Å². The van der Waals surface area contributed by atoms with Gasteiger partial charge in [0.2, 0.25) is 11.8 Å². The van der Waals surface area contributed by atoms with E-state index in [1.807, 2.05) is 24.3 Å². The second-order valence-corrected chi connectivity index (χ2v) is 6.25. The van der Waals surface area contributed by atoms with Crippen molar-refractivity contribution in [2.45, 2.75) is 26.7 Å². The second-order valence-electron chi connectivity index (χ2n) is 6.25. The zero-order valence-electron chi connectivity index (χ0n) is 16.1. The predicted molar refractivity (Wildman–Crippen MR) is 109 cm³/mol. The molecule has 2 rings (SSSR count). The average Bonchev–Trinajstić information content (AvgIpc) is 2.67. The van der Waals surface area contributed by atoms with Crippen LogP contribution >= 0.6 is 0 Å². The van der Waals surface area contributed by atoms with Gasteiger partial charge in [-0.25, -0.2) is 0 Å².